The van der Waals surface area contributed by atoms with Crippen LogP contribution in [0.4, 0.5) is 0 Å². The zero-order chi connectivity index (χ0) is 13.7. The van der Waals surface area contributed by atoms with E-state index in [0.29, 0.717) is 12.7 Å². The largest absolute Gasteiger partial charge is 0.550 e. The molecule has 0 spiro atoms. The average molecular weight is 242 g/mol. The fraction of sp³-hybridized carbons (Fsp3) is 0.750. The van der Waals surface area contributed by atoms with Crippen LogP contribution in [-0.2, 0) is 14.4 Å². The van der Waals surface area contributed by atoms with E-state index in [9.17, 15) is 24.6 Å². The van der Waals surface area contributed by atoms with Crippen molar-refractivity contribution in [1.29, 1.82) is 0 Å². The van der Waals surface area contributed by atoms with Crippen LogP contribution in [-0.4, -0.2) is 18.2 Å². The molecule has 0 rings (SSSR count). The summed E-state index contributed by atoms with van der Waals surface area (Å²) in [4.78, 5) is 32.5. The number of aliphatic carboxylic acids is 2. The molecule has 5 nitrogen and oxygen atoms in total. The monoisotopic (exact) mass is 242 g/mol. The molecule has 1 unspecified atom stereocenters. The number of hydrogen-bond donors (Lipinski definition) is 0. The van der Waals surface area contributed by atoms with Crippen molar-refractivity contribution in [3.63, 3.8) is 0 Å². The number of carboxylic acids is 2. The van der Waals surface area contributed by atoms with Gasteiger partial charge in [-0.1, -0.05) is 20.8 Å². The number of aldehydes is 1. The van der Waals surface area contributed by atoms with Gasteiger partial charge in [-0.3, -0.25) is 0 Å². The summed E-state index contributed by atoms with van der Waals surface area (Å²) >= 11 is 0. The molecule has 0 saturated carbocycles. The van der Waals surface area contributed by atoms with Gasteiger partial charge in [0.2, 0.25) is 0 Å². The summed E-state index contributed by atoms with van der Waals surface area (Å²) < 4.78 is 0. The lowest BCUT2D eigenvalue weighted by atomic mass is 9.70. The van der Waals surface area contributed by atoms with Gasteiger partial charge < -0.3 is 24.6 Å². The van der Waals surface area contributed by atoms with Crippen molar-refractivity contribution in [2.24, 2.45) is 10.8 Å². The van der Waals surface area contributed by atoms with Crippen molar-refractivity contribution in [3.8, 4) is 0 Å². The first-order chi connectivity index (χ1) is 7.69. The number of carbonyl (C=O) groups excluding carboxylic acids is 3. The van der Waals surface area contributed by atoms with Gasteiger partial charge in [0, 0.05) is 22.8 Å². The third-order valence-corrected chi connectivity index (χ3v) is 3.13. The molecule has 98 valence electrons. The lowest BCUT2D eigenvalue weighted by molar-refractivity contribution is -0.318. The van der Waals surface area contributed by atoms with Gasteiger partial charge in [-0.2, -0.15) is 0 Å². The van der Waals surface area contributed by atoms with E-state index >= 15 is 0 Å². The maximum Gasteiger partial charge on any atom is 0.126 e. The standard InChI is InChI=1S/C12H20O5/c1-4-12(8-13,6-5-9(14)15)7-11(2,3)10(16)17/h8H,4-7H2,1-3H3,(H,14,15)(H,16,17)/p-2. The summed E-state index contributed by atoms with van der Waals surface area (Å²) in [7, 11) is 0. The van der Waals surface area contributed by atoms with Crippen LogP contribution in [0.2, 0.25) is 0 Å². The third kappa shape index (κ3) is 4.54. The molecular weight excluding hydrogens is 224 g/mol. The minimum atomic E-state index is -1.24. The second-order valence-corrected chi connectivity index (χ2v) is 5.05. The summed E-state index contributed by atoms with van der Waals surface area (Å²) in [5, 5.41) is 21.3. The first kappa shape index (κ1) is 15.6. The Balaban J connectivity index is 4.89. The molecule has 0 aromatic heterocycles. The molecule has 1 atom stereocenters. The van der Waals surface area contributed by atoms with Gasteiger partial charge in [0.15, 0.2) is 0 Å². The smallest absolute Gasteiger partial charge is 0.126 e. The van der Waals surface area contributed by atoms with Crippen LogP contribution >= 0.6 is 0 Å². The number of carboxylic acid groups (broad SMARTS) is 2. The van der Waals surface area contributed by atoms with Gasteiger partial charge in [-0.15, -0.1) is 0 Å². The summed E-state index contributed by atoms with van der Waals surface area (Å²) in [6.07, 6.45) is 0.943. The van der Waals surface area contributed by atoms with Crippen molar-refractivity contribution in [2.75, 3.05) is 0 Å². The summed E-state index contributed by atoms with van der Waals surface area (Å²) in [6, 6.07) is 0. The minimum Gasteiger partial charge on any atom is -0.550 e. The molecule has 0 aromatic rings. The molecule has 0 radical (unpaired) electrons. The molecule has 0 aliphatic rings. The van der Waals surface area contributed by atoms with E-state index in [2.05, 4.69) is 0 Å². The van der Waals surface area contributed by atoms with Gasteiger partial charge in [0.05, 0.1) is 0 Å². The van der Waals surface area contributed by atoms with Crippen LogP contribution in [0.15, 0.2) is 0 Å². The normalized spacial score (nSPS) is 15.0. The lowest BCUT2D eigenvalue weighted by Crippen LogP contribution is -2.43. The van der Waals surface area contributed by atoms with Crippen molar-refractivity contribution >= 4 is 18.2 Å². The highest BCUT2D eigenvalue weighted by Crippen LogP contribution is 2.38. The van der Waals surface area contributed by atoms with Gasteiger partial charge >= 0.3 is 0 Å². The van der Waals surface area contributed by atoms with Gasteiger partial charge in [0.25, 0.3) is 0 Å². The van der Waals surface area contributed by atoms with E-state index < -0.39 is 22.8 Å². The second-order valence-electron chi connectivity index (χ2n) is 5.05. The van der Waals surface area contributed by atoms with Gasteiger partial charge in [0.1, 0.15) is 6.29 Å². The summed E-state index contributed by atoms with van der Waals surface area (Å²) in [5.41, 5.74) is -2.10. The topological polar surface area (TPSA) is 97.3 Å². The maximum absolute atomic E-state index is 11.1. The Kier molecular flexibility index (Phi) is 5.32. The first-order valence-corrected chi connectivity index (χ1v) is 5.57. The molecule has 0 amide bonds. The minimum absolute atomic E-state index is 0.0651. The fourth-order valence-electron chi connectivity index (χ4n) is 1.88. The van der Waals surface area contributed by atoms with Crippen LogP contribution in [0, 0.1) is 10.8 Å². The molecule has 0 saturated heterocycles. The van der Waals surface area contributed by atoms with Crippen LogP contribution in [0.1, 0.15) is 46.5 Å². The molecule has 0 bridgehead atoms. The van der Waals surface area contributed by atoms with E-state index in [1.54, 1.807) is 6.92 Å². The molecule has 0 aliphatic heterocycles. The molecule has 0 aromatic carbocycles. The molecule has 0 heterocycles. The summed E-state index contributed by atoms with van der Waals surface area (Å²) in [5.74, 6) is -2.48. The van der Waals surface area contributed by atoms with Crippen LogP contribution in [0.25, 0.3) is 0 Å². The number of carbonyl (C=O) groups is 3. The first-order valence-electron chi connectivity index (χ1n) is 5.57. The van der Waals surface area contributed by atoms with E-state index in [4.69, 9.17) is 0 Å². The second kappa shape index (κ2) is 5.80. The Hall–Kier alpha value is -1.39. The predicted octanol–water partition coefficient (Wildman–Crippen LogP) is -0.722. The van der Waals surface area contributed by atoms with Crippen LogP contribution < -0.4 is 10.2 Å². The fourth-order valence-corrected chi connectivity index (χ4v) is 1.88. The van der Waals surface area contributed by atoms with E-state index in [-0.39, 0.29) is 19.3 Å². The maximum atomic E-state index is 11.1. The van der Waals surface area contributed by atoms with Crippen LogP contribution in [0.3, 0.4) is 0 Å². The number of hydrogen-bond acceptors (Lipinski definition) is 5. The zero-order valence-electron chi connectivity index (χ0n) is 10.4. The zero-order valence-corrected chi connectivity index (χ0v) is 10.4. The molecule has 5 heteroatoms. The van der Waals surface area contributed by atoms with Crippen molar-refractivity contribution in [1.82, 2.24) is 0 Å². The SMILES string of the molecule is CCC(C=O)(CCC(=O)[O-])CC(C)(C)C(=O)[O-]. The van der Waals surface area contributed by atoms with Gasteiger partial charge in [-0.25, -0.2) is 0 Å². The lowest BCUT2D eigenvalue weighted by Gasteiger charge is -2.36. The molecular formula is C12H18O5-2. The Bertz CT molecular complexity index is 308. The third-order valence-electron chi connectivity index (χ3n) is 3.13. The number of rotatable bonds is 8. The molecule has 0 aliphatic carbocycles. The highest BCUT2D eigenvalue weighted by Gasteiger charge is 2.35. The van der Waals surface area contributed by atoms with Crippen molar-refractivity contribution in [2.45, 2.75) is 46.5 Å². The Morgan fingerprint density at radius 3 is 2.06 bits per heavy atom. The van der Waals surface area contributed by atoms with Gasteiger partial charge in [-0.05, 0) is 25.7 Å². The Morgan fingerprint density at radius 2 is 1.76 bits per heavy atom. The van der Waals surface area contributed by atoms with Crippen LogP contribution in [0.5, 0.6) is 0 Å². The molecule has 0 N–H and O–H groups in total. The summed E-state index contributed by atoms with van der Waals surface area (Å²) in [6.45, 7) is 4.67. The predicted molar refractivity (Wildman–Crippen MR) is 56.4 cm³/mol. The van der Waals surface area contributed by atoms with Crippen molar-refractivity contribution < 1.29 is 24.6 Å². The Labute approximate surface area is 101 Å². The Morgan fingerprint density at radius 1 is 1.24 bits per heavy atom. The molecule has 17 heavy (non-hydrogen) atoms. The highest BCUT2D eigenvalue weighted by molar-refractivity contribution is 5.73. The highest BCUT2D eigenvalue weighted by atomic mass is 16.4. The van der Waals surface area contributed by atoms with E-state index in [1.165, 1.54) is 13.8 Å². The van der Waals surface area contributed by atoms with E-state index in [1.807, 2.05) is 0 Å². The quantitative estimate of drug-likeness (QED) is 0.523. The van der Waals surface area contributed by atoms with Crippen molar-refractivity contribution in [3.05, 3.63) is 0 Å². The molecule has 0 fully saturated rings. The van der Waals surface area contributed by atoms with E-state index in [0.717, 1.165) is 0 Å². The average Bonchev–Trinajstić information content (AvgIpc) is 2.24.